The highest BCUT2D eigenvalue weighted by Crippen LogP contribution is 2.27. The fourth-order valence-corrected chi connectivity index (χ4v) is 3.22. The van der Waals surface area contributed by atoms with Crippen LogP contribution in [-0.4, -0.2) is 47.8 Å². The van der Waals surface area contributed by atoms with Crippen LogP contribution < -0.4 is 10.1 Å². The standard InChI is InChI=1S/C22H17FN4O4/c1-31-14-6-4-5-13(9-14)10-24-18(28)12-27-21(29)20-19(26-22(27)30)16(11-25-20)15-7-2-3-8-17(15)23/h2-9,11H,10,12H2,1H3,(H,24,28). The van der Waals surface area contributed by atoms with E-state index in [1.165, 1.54) is 31.5 Å². The lowest BCUT2D eigenvalue weighted by Crippen LogP contribution is -2.50. The van der Waals surface area contributed by atoms with Crippen LogP contribution >= 0.6 is 0 Å². The van der Waals surface area contributed by atoms with Gasteiger partial charge < -0.3 is 10.1 Å². The van der Waals surface area contributed by atoms with Gasteiger partial charge in [-0.2, -0.15) is 4.99 Å². The molecule has 31 heavy (non-hydrogen) atoms. The Morgan fingerprint density at radius 1 is 1.13 bits per heavy atom. The maximum absolute atomic E-state index is 14.1. The van der Waals surface area contributed by atoms with Crippen LogP contribution in [0.2, 0.25) is 0 Å². The molecule has 8 nitrogen and oxygen atoms in total. The molecule has 9 heteroatoms. The Bertz CT molecular complexity index is 1190. The lowest BCUT2D eigenvalue weighted by molar-refractivity contribution is -0.128. The van der Waals surface area contributed by atoms with Gasteiger partial charge in [-0.1, -0.05) is 30.3 Å². The first-order valence-electron chi connectivity index (χ1n) is 9.35. The zero-order valence-electron chi connectivity index (χ0n) is 16.5. The van der Waals surface area contributed by atoms with Crippen molar-refractivity contribution in [2.24, 2.45) is 9.98 Å². The van der Waals surface area contributed by atoms with Gasteiger partial charge in [0.2, 0.25) is 5.91 Å². The number of aliphatic imine (C=N–C) groups is 2. The number of hydrogen-bond acceptors (Lipinski definition) is 5. The van der Waals surface area contributed by atoms with E-state index in [0.717, 1.165) is 5.56 Å². The number of methoxy groups -OCH3 is 1. The maximum Gasteiger partial charge on any atom is 0.351 e. The summed E-state index contributed by atoms with van der Waals surface area (Å²) in [5, 5.41) is 2.65. The van der Waals surface area contributed by atoms with Crippen molar-refractivity contribution in [3.63, 3.8) is 0 Å². The fourth-order valence-electron chi connectivity index (χ4n) is 3.22. The van der Waals surface area contributed by atoms with Crippen LogP contribution in [0.1, 0.15) is 11.1 Å². The second-order valence-electron chi connectivity index (χ2n) is 6.76. The monoisotopic (exact) mass is 420 g/mol. The van der Waals surface area contributed by atoms with Gasteiger partial charge >= 0.3 is 6.03 Å². The highest BCUT2D eigenvalue weighted by Gasteiger charge is 2.39. The van der Waals surface area contributed by atoms with E-state index in [2.05, 4.69) is 15.3 Å². The van der Waals surface area contributed by atoms with E-state index in [0.29, 0.717) is 10.6 Å². The minimum absolute atomic E-state index is 0.00754. The van der Waals surface area contributed by atoms with Gasteiger partial charge in [0.05, 0.1) is 7.11 Å². The molecule has 0 saturated heterocycles. The van der Waals surface area contributed by atoms with Crippen LogP contribution in [0.4, 0.5) is 9.18 Å². The summed E-state index contributed by atoms with van der Waals surface area (Å²) in [4.78, 5) is 46.1. The number of rotatable bonds is 6. The van der Waals surface area contributed by atoms with Crippen LogP contribution in [0.3, 0.4) is 0 Å². The SMILES string of the molecule is COc1cccc(CNC(=O)CN2C(=O)N=C3C(c4ccccc4F)=CN=C3C2=O)c1. The first-order chi connectivity index (χ1) is 15.0. The normalized spacial score (nSPS) is 15.2. The first kappa shape index (κ1) is 20.1. The molecule has 0 aromatic heterocycles. The summed E-state index contributed by atoms with van der Waals surface area (Å²) in [5.41, 5.74) is 1.14. The van der Waals surface area contributed by atoms with Gasteiger partial charge in [0, 0.05) is 23.9 Å². The number of imide groups is 1. The van der Waals surface area contributed by atoms with Crippen LogP contribution in [0.15, 0.2) is 64.7 Å². The quantitative estimate of drug-likeness (QED) is 0.775. The predicted molar refractivity (Wildman–Crippen MR) is 111 cm³/mol. The van der Waals surface area contributed by atoms with Crippen molar-refractivity contribution in [2.45, 2.75) is 6.54 Å². The van der Waals surface area contributed by atoms with E-state index in [4.69, 9.17) is 4.74 Å². The van der Waals surface area contributed by atoms with Crippen molar-refractivity contribution in [3.8, 4) is 5.75 Å². The molecule has 0 spiro atoms. The molecule has 0 saturated carbocycles. The average Bonchev–Trinajstić information content (AvgIpc) is 3.19. The van der Waals surface area contributed by atoms with E-state index < -0.39 is 30.2 Å². The van der Waals surface area contributed by atoms with Crippen LogP contribution in [0.5, 0.6) is 5.75 Å². The van der Waals surface area contributed by atoms with E-state index in [9.17, 15) is 18.8 Å². The topological polar surface area (TPSA) is 100 Å². The molecule has 2 aromatic rings. The third-order valence-electron chi connectivity index (χ3n) is 4.78. The number of nitrogens with one attached hydrogen (secondary N) is 1. The van der Waals surface area contributed by atoms with Gasteiger partial charge in [-0.05, 0) is 23.8 Å². The summed E-state index contributed by atoms with van der Waals surface area (Å²) in [6.07, 6.45) is 1.30. The summed E-state index contributed by atoms with van der Waals surface area (Å²) in [7, 11) is 1.54. The Labute approximate surface area is 176 Å². The zero-order valence-corrected chi connectivity index (χ0v) is 16.5. The van der Waals surface area contributed by atoms with E-state index in [1.54, 1.807) is 30.3 Å². The van der Waals surface area contributed by atoms with E-state index >= 15 is 0 Å². The number of nitrogens with zero attached hydrogens (tertiary/aromatic N) is 3. The minimum atomic E-state index is -0.903. The number of carbonyl (C=O) groups excluding carboxylic acids is 3. The van der Waals surface area contributed by atoms with Crippen molar-refractivity contribution in [3.05, 3.63) is 71.7 Å². The smallest absolute Gasteiger partial charge is 0.351 e. The van der Waals surface area contributed by atoms with Crippen LogP contribution in [0.25, 0.3) is 5.57 Å². The highest BCUT2D eigenvalue weighted by atomic mass is 19.1. The number of halogens is 1. The Morgan fingerprint density at radius 3 is 2.71 bits per heavy atom. The van der Waals surface area contributed by atoms with Crippen LogP contribution in [-0.2, 0) is 16.1 Å². The number of carbonyl (C=O) groups is 3. The molecule has 0 unspecified atom stereocenters. The maximum atomic E-state index is 14.1. The average molecular weight is 420 g/mol. The molecule has 0 atom stereocenters. The van der Waals surface area contributed by atoms with Gasteiger partial charge in [-0.15, -0.1) is 0 Å². The largest absolute Gasteiger partial charge is 0.497 e. The molecule has 0 bridgehead atoms. The molecule has 4 rings (SSSR count). The molecule has 0 radical (unpaired) electrons. The Balaban J connectivity index is 1.45. The first-order valence-corrected chi connectivity index (χ1v) is 9.35. The highest BCUT2D eigenvalue weighted by molar-refractivity contribution is 6.78. The molecule has 1 N–H and O–H groups in total. The van der Waals surface area contributed by atoms with Gasteiger partial charge in [0.25, 0.3) is 5.91 Å². The fraction of sp³-hybridized carbons (Fsp3) is 0.136. The van der Waals surface area contributed by atoms with Crippen LogP contribution in [0, 0.1) is 5.82 Å². The molecule has 156 valence electrons. The third-order valence-corrected chi connectivity index (χ3v) is 4.78. The van der Waals surface area contributed by atoms with Crippen molar-refractivity contribution < 1.29 is 23.5 Å². The van der Waals surface area contributed by atoms with Gasteiger partial charge in [-0.25, -0.2) is 19.1 Å². The molecule has 2 aromatic carbocycles. The molecule has 2 aliphatic rings. The number of hydrogen-bond donors (Lipinski definition) is 1. The van der Waals surface area contributed by atoms with Crippen molar-refractivity contribution in [1.82, 2.24) is 10.2 Å². The molecule has 0 aliphatic carbocycles. The minimum Gasteiger partial charge on any atom is -0.497 e. The number of benzene rings is 2. The summed E-state index contributed by atoms with van der Waals surface area (Å²) in [6.45, 7) is -0.312. The van der Waals surface area contributed by atoms with Crippen molar-refractivity contribution in [1.29, 1.82) is 0 Å². The van der Waals surface area contributed by atoms with Gasteiger partial charge in [0.1, 0.15) is 23.8 Å². The Hall–Kier alpha value is -4.14. The van der Waals surface area contributed by atoms with Gasteiger partial charge in [-0.3, -0.25) is 9.59 Å². The molecular weight excluding hydrogens is 403 g/mol. The Kier molecular flexibility index (Phi) is 5.40. The lowest BCUT2D eigenvalue weighted by Gasteiger charge is -2.23. The molecular formula is C22H17FN4O4. The summed E-state index contributed by atoms with van der Waals surface area (Å²) >= 11 is 0. The number of urea groups is 1. The predicted octanol–water partition coefficient (Wildman–Crippen LogP) is 2.35. The van der Waals surface area contributed by atoms with E-state index in [1.807, 2.05) is 0 Å². The zero-order chi connectivity index (χ0) is 22.0. The Morgan fingerprint density at radius 2 is 1.94 bits per heavy atom. The lowest BCUT2D eigenvalue weighted by atomic mass is 9.99. The number of amides is 4. The summed E-state index contributed by atoms with van der Waals surface area (Å²) in [6, 6.07) is 12.2. The third kappa shape index (κ3) is 3.97. The molecule has 4 amide bonds. The van der Waals surface area contributed by atoms with E-state index in [-0.39, 0.29) is 29.1 Å². The summed E-state index contributed by atoms with van der Waals surface area (Å²) in [5.74, 6) is -1.17. The number of ether oxygens (including phenoxy) is 1. The molecule has 2 heterocycles. The summed E-state index contributed by atoms with van der Waals surface area (Å²) < 4.78 is 19.3. The van der Waals surface area contributed by atoms with Crippen molar-refractivity contribution in [2.75, 3.05) is 13.7 Å². The van der Waals surface area contributed by atoms with Gasteiger partial charge in [0.15, 0.2) is 5.71 Å². The molecule has 0 fully saturated rings. The second kappa shape index (κ2) is 8.31. The molecule has 2 aliphatic heterocycles. The van der Waals surface area contributed by atoms with Crippen molar-refractivity contribution >= 4 is 34.8 Å². The number of fused-ring (bicyclic) bond motifs is 1. The second-order valence-corrected chi connectivity index (χ2v) is 6.76. The number of allylic oxidation sites excluding steroid dienone is 1.